The number of carbonyl (C=O) groups excluding carboxylic acids is 5. The third kappa shape index (κ3) is 8.02. The van der Waals surface area contributed by atoms with Crippen LogP contribution in [-0.2, 0) is 28.6 Å². The molecule has 3 aliphatic rings. The quantitative estimate of drug-likeness (QED) is 0.285. The molecule has 1 saturated carbocycles. The van der Waals surface area contributed by atoms with Crippen LogP contribution < -0.4 is 5.32 Å². The summed E-state index contributed by atoms with van der Waals surface area (Å²) in [5, 5.41) is 13.3. The lowest BCUT2D eigenvalue weighted by Gasteiger charge is -2.36. The molecule has 0 aromatic rings. The maximum atomic E-state index is 14.3. The van der Waals surface area contributed by atoms with E-state index in [9.17, 15) is 29.1 Å². The van der Waals surface area contributed by atoms with Gasteiger partial charge in [0.1, 0.15) is 23.3 Å². The van der Waals surface area contributed by atoms with Crippen LogP contribution in [0.1, 0.15) is 93.4 Å². The number of fused-ring (bicyclic) bond motifs is 2. The van der Waals surface area contributed by atoms with Crippen molar-refractivity contribution in [2.45, 2.75) is 128 Å². The fraction of sp³-hybridized carbons (Fsp3) is 0.767. The molecule has 2 N–H and O–H groups in total. The summed E-state index contributed by atoms with van der Waals surface area (Å²) in [6.07, 6.45) is 4.07. The Labute approximate surface area is 248 Å². The lowest BCUT2D eigenvalue weighted by molar-refractivity contribution is -0.159. The molecule has 0 radical (unpaired) electrons. The first kappa shape index (κ1) is 33.4. The van der Waals surface area contributed by atoms with Crippen molar-refractivity contribution in [3.8, 4) is 0 Å². The first-order chi connectivity index (χ1) is 19.5. The molecule has 3 rings (SSSR count). The van der Waals surface area contributed by atoms with E-state index in [-0.39, 0.29) is 26.0 Å². The molecule has 2 heterocycles. The van der Waals surface area contributed by atoms with E-state index >= 15 is 0 Å². The number of aliphatic hydroxyl groups is 1. The lowest BCUT2D eigenvalue weighted by atomic mass is 10.0. The molecule has 0 bridgehead atoms. The fourth-order valence-electron chi connectivity index (χ4n) is 5.50. The van der Waals surface area contributed by atoms with Gasteiger partial charge in [0, 0.05) is 18.9 Å². The molecule has 0 spiro atoms. The van der Waals surface area contributed by atoms with E-state index in [1.54, 1.807) is 48.5 Å². The topological polar surface area (TPSA) is 152 Å². The highest BCUT2D eigenvalue weighted by molar-refractivity contribution is 6.04. The number of carbonyl (C=O) groups is 5. The van der Waals surface area contributed by atoms with Gasteiger partial charge in [-0.3, -0.25) is 9.59 Å². The van der Waals surface area contributed by atoms with Gasteiger partial charge in [0.05, 0.1) is 12.7 Å². The largest absolute Gasteiger partial charge is 0.464 e. The summed E-state index contributed by atoms with van der Waals surface area (Å²) in [5.41, 5.74) is -3.42. The van der Waals surface area contributed by atoms with Gasteiger partial charge in [0.25, 0.3) is 5.91 Å². The molecule has 236 valence electrons. The third-order valence-electron chi connectivity index (χ3n) is 7.38. The van der Waals surface area contributed by atoms with E-state index in [2.05, 4.69) is 5.32 Å². The van der Waals surface area contributed by atoms with Crippen LogP contribution in [0.15, 0.2) is 12.2 Å². The normalized spacial score (nSPS) is 29.8. The summed E-state index contributed by atoms with van der Waals surface area (Å²) in [5.74, 6) is -2.64. The molecule has 12 heteroatoms. The van der Waals surface area contributed by atoms with Crippen molar-refractivity contribution < 1.29 is 43.3 Å². The van der Waals surface area contributed by atoms with Gasteiger partial charge in [0.2, 0.25) is 5.91 Å². The van der Waals surface area contributed by atoms with Crippen LogP contribution in [0.25, 0.3) is 0 Å². The summed E-state index contributed by atoms with van der Waals surface area (Å²) >= 11 is 0. The minimum atomic E-state index is -1.64. The average Bonchev–Trinajstić information content (AvgIpc) is 3.42. The van der Waals surface area contributed by atoms with Crippen LogP contribution in [0.4, 0.5) is 9.59 Å². The number of imide groups is 1. The van der Waals surface area contributed by atoms with Crippen LogP contribution in [0.3, 0.4) is 0 Å². The smallest absolute Gasteiger partial charge is 0.418 e. The zero-order chi connectivity index (χ0) is 31.5. The summed E-state index contributed by atoms with van der Waals surface area (Å²) in [6, 6.07) is -2.30. The molecule has 12 nitrogen and oxygen atoms in total. The lowest BCUT2D eigenvalue weighted by Crippen LogP contribution is -2.60. The summed E-state index contributed by atoms with van der Waals surface area (Å²) in [4.78, 5) is 70.0. The number of nitrogens with zero attached hydrogens (tertiary/aromatic N) is 2. The van der Waals surface area contributed by atoms with E-state index in [1.165, 1.54) is 4.90 Å². The maximum Gasteiger partial charge on any atom is 0.418 e. The minimum Gasteiger partial charge on any atom is -0.464 e. The molecule has 1 saturated heterocycles. The highest BCUT2D eigenvalue weighted by Gasteiger charge is 2.69. The van der Waals surface area contributed by atoms with Gasteiger partial charge in [0.15, 0.2) is 5.54 Å². The van der Waals surface area contributed by atoms with E-state index < -0.39 is 70.8 Å². The molecular weight excluding hydrogens is 546 g/mol. The van der Waals surface area contributed by atoms with Gasteiger partial charge < -0.3 is 29.5 Å². The summed E-state index contributed by atoms with van der Waals surface area (Å²) in [7, 11) is 0. The van der Waals surface area contributed by atoms with Gasteiger partial charge in [-0.25, -0.2) is 19.3 Å². The fourth-order valence-corrected chi connectivity index (χ4v) is 5.50. The van der Waals surface area contributed by atoms with Crippen molar-refractivity contribution in [3.63, 3.8) is 0 Å². The third-order valence-corrected chi connectivity index (χ3v) is 7.38. The van der Waals surface area contributed by atoms with Crippen molar-refractivity contribution >= 4 is 30.0 Å². The van der Waals surface area contributed by atoms with Crippen molar-refractivity contribution in [3.05, 3.63) is 12.2 Å². The molecule has 0 unspecified atom stereocenters. The van der Waals surface area contributed by atoms with E-state index in [0.717, 1.165) is 17.7 Å². The Hall–Kier alpha value is -3.15. The standard InChI is InChI=1S/C30H47N3O9/c1-8-40-25(37)30-17-19(30)14-12-10-9-11-13-15-21(31-26(38)41-28(2,3)4)23(35)32-18-20(34)16-22(32)24(36)33(30)27(39)42-29(5,6)7/h12,14,19-22,34H,8-11,13,15-18H2,1-7H3,(H,31,38)/b14-12-/t19-,20-,21+,22+,30-/m1/s1. The number of hydrogen-bond acceptors (Lipinski definition) is 9. The Morgan fingerprint density at radius 2 is 1.69 bits per heavy atom. The van der Waals surface area contributed by atoms with Crippen LogP contribution in [0, 0.1) is 5.92 Å². The number of rotatable bonds is 3. The summed E-state index contributed by atoms with van der Waals surface area (Å²) in [6.45, 7) is 11.6. The predicted octanol–water partition coefficient (Wildman–Crippen LogP) is 3.45. The highest BCUT2D eigenvalue weighted by Crippen LogP contribution is 2.52. The number of amides is 4. The van der Waals surface area contributed by atoms with Crippen LogP contribution in [-0.4, -0.2) is 93.0 Å². The van der Waals surface area contributed by atoms with Gasteiger partial charge in [-0.1, -0.05) is 25.0 Å². The number of nitrogens with one attached hydrogen (secondary N) is 1. The maximum absolute atomic E-state index is 14.3. The predicted molar refractivity (Wildman–Crippen MR) is 152 cm³/mol. The zero-order valence-electron chi connectivity index (χ0n) is 25.9. The molecule has 0 aromatic carbocycles. The van der Waals surface area contributed by atoms with Gasteiger partial charge in [-0.2, -0.15) is 0 Å². The second-order valence-corrected chi connectivity index (χ2v) is 13.3. The van der Waals surface area contributed by atoms with Crippen LogP contribution in [0.5, 0.6) is 0 Å². The van der Waals surface area contributed by atoms with E-state index in [4.69, 9.17) is 14.2 Å². The number of ether oxygens (including phenoxy) is 3. The van der Waals surface area contributed by atoms with Gasteiger partial charge >= 0.3 is 18.2 Å². The van der Waals surface area contributed by atoms with Crippen molar-refractivity contribution in [1.29, 1.82) is 0 Å². The second-order valence-electron chi connectivity index (χ2n) is 13.3. The van der Waals surface area contributed by atoms with Crippen molar-refractivity contribution in [1.82, 2.24) is 15.1 Å². The number of esters is 1. The molecule has 5 atom stereocenters. The Balaban J connectivity index is 2.06. The van der Waals surface area contributed by atoms with Crippen molar-refractivity contribution in [2.75, 3.05) is 13.2 Å². The molecule has 2 aliphatic heterocycles. The Morgan fingerprint density at radius 1 is 1.02 bits per heavy atom. The number of alkyl carbamates (subject to hydrolysis) is 1. The number of allylic oxidation sites excluding steroid dienone is 1. The number of hydrogen-bond donors (Lipinski definition) is 2. The average molecular weight is 594 g/mol. The first-order valence-electron chi connectivity index (χ1n) is 14.9. The number of aliphatic hydroxyl groups excluding tert-OH is 1. The molecular formula is C30H47N3O9. The second kappa shape index (κ2) is 13.0. The van der Waals surface area contributed by atoms with Crippen molar-refractivity contribution in [2.24, 2.45) is 5.92 Å². The summed E-state index contributed by atoms with van der Waals surface area (Å²) < 4.78 is 16.3. The van der Waals surface area contributed by atoms with Crippen LogP contribution >= 0.6 is 0 Å². The molecule has 1 aliphatic carbocycles. The molecule has 0 aromatic heterocycles. The monoisotopic (exact) mass is 593 g/mol. The highest BCUT2D eigenvalue weighted by atomic mass is 16.6. The molecule has 4 amide bonds. The van der Waals surface area contributed by atoms with Gasteiger partial charge in [-0.15, -0.1) is 0 Å². The Kier molecular flexibility index (Phi) is 10.3. The first-order valence-corrected chi connectivity index (χ1v) is 14.9. The Morgan fingerprint density at radius 3 is 2.31 bits per heavy atom. The SMILES string of the molecule is CCOC(=O)[C@@]12C[C@H]1/C=C\CCCCC[C@H](NC(=O)OC(C)(C)C)C(=O)N1C[C@H](O)C[C@H]1C(=O)N2C(=O)OC(C)(C)C. The molecule has 42 heavy (non-hydrogen) atoms. The van der Waals surface area contributed by atoms with Crippen LogP contribution in [0.2, 0.25) is 0 Å². The van der Waals surface area contributed by atoms with E-state index in [0.29, 0.717) is 19.3 Å². The Bertz CT molecular complexity index is 1080. The minimum absolute atomic E-state index is 0.0398. The molecule has 2 fully saturated rings. The van der Waals surface area contributed by atoms with Gasteiger partial charge in [-0.05, 0) is 74.1 Å². The zero-order valence-corrected chi connectivity index (χ0v) is 25.9. The van der Waals surface area contributed by atoms with E-state index in [1.807, 2.05) is 12.2 Å².